The molecule has 0 saturated carbocycles. The van der Waals surface area contributed by atoms with Gasteiger partial charge in [0.05, 0.1) is 6.10 Å². The molecule has 2 rings (SSSR count). The second-order valence-corrected chi connectivity index (χ2v) is 5.53. The van der Waals surface area contributed by atoms with Gasteiger partial charge in [-0.1, -0.05) is 25.2 Å². The van der Waals surface area contributed by atoms with Gasteiger partial charge in [-0.3, -0.25) is 0 Å². The highest BCUT2D eigenvalue weighted by molar-refractivity contribution is 7.15. The van der Waals surface area contributed by atoms with Crippen LogP contribution in [0.4, 0.5) is 5.13 Å². The molecule has 1 aliphatic rings. The van der Waals surface area contributed by atoms with Crippen LogP contribution in [0, 0.1) is 0 Å². The first kappa shape index (κ1) is 12.7. The van der Waals surface area contributed by atoms with Gasteiger partial charge >= 0.3 is 0 Å². The Kier molecular flexibility index (Phi) is 3.96. The Morgan fingerprint density at radius 3 is 2.82 bits per heavy atom. The number of aromatic nitrogens is 2. The molecule has 0 spiro atoms. The average Bonchev–Trinajstić information content (AvgIpc) is 2.86. The minimum absolute atomic E-state index is 0.105. The van der Waals surface area contributed by atoms with Crippen LogP contribution in [0.3, 0.4) is 0 Å². The molecule has 1 aromatic rings. The molecule has 0 bridgehead atoms. The van der Waals surface area contributed by atoms with E-state index in [2.05, 4.69) is 28.9 Å². The van der Waals surface area contributed by atoms with Gasteiger partial charge < -0.3 is 14.7 Å². The summed E-state index contributed by atoms with van der Waals surface area (Å²) in [5.74, 6) is 0.400. The summed E-state index contributed by atoms with van der Waals surface area (Å²) in [7, 11) is 0. The van der Waals surface area contributed by atoms with Gasteiger partial charge in [-0.05, 0) is 6.92 Å². The fourth-order valence-corrected chi connectivity index (χ4v) is 2.74. The lowest BCUT2D eigenvalue weighted by molar-refractivity contribution is -0.00189. The zero-order valence-corrected chi connectivity index (χ0v) is 11.3. The van der Waals surface area contributed by atoms with Crippen molar-refractivity contribution >= 4 is 16.5 Å². The molecule has 5 nitrogen and oxygen atoms in total. The Bertz CT molecular complexity index is 369. The van der Waals surface area contributed by atoms with E-state index in [1.807, 2.05) is 6.92 Å². The average molecular weight is 257 g/mol. The normalized spacial score (nSPS) is 24.9. The van der Waals surface area contributed by atoms with E-state index in [0.717, 1.165) is 10.1 Å². The molecule has 1 fully saturated rings. The summed E-state index contributed by atoms with van der Waals surface area (Å²) >= 11 is 1.60. The second kappa shape index (κ2) is 5.29. The Balaban J connectivity index is 2.03. The second-order valence-electron chi connectivity index (χ2n) is 4.54. The van der Waals surface area contributed by atoms with E-state index >= 15 is 0 Å². The number of ether oxygens (including phenoxy) is 1. The largest absolute Gasteiger partial charge is 0.388 e. The molecular weight excluding hydrogens is 238 g/mol. The van der Waals surface area contributed by atoms with Crippen LogP contribution in [0.15, 0.2) is 0 Å². The summed E-state index contributed by atoms with van der Waals surface area (Å²) in [6, 6.07) is 0. The number of nitrogens with zero attached hydrogens (tertiary/aromatic N) is 3. The summed E-state index contributed by atoms with van der Waals surface area (Å²) in [5.41, 5.74) is 0. The fraction of sp³-hybridized carbons (Fsp3) is 0.818. The van der Waals surface area contributed by atoms with Gasteiger partial charge in [0.15, 0.2) is 0 Å². The third-order valence-electron chi connectivity index (χ3n) is 2.81. The molecule has 96 valence electrons. The lowest BCUT2D eigenvalue weighted by atomic mass is 10.2. The van der Waals surface area contributed by atoms with Crippen molar-refractivity contribution in [3.05, 3.63) is 5.01 Å². The molecule has 0 aliphatic carbocycles. The van der Waals surface area contributed by atoms with Gasteiger partial charge in [0.1, 0.15) is 11.1 Å². The van der Waals surface area contributed by atoms with E-state index in [1.165, 1.54) is 0 Å². The highest BCUT2D eigenvalue weighted by Gasteiger charge is 2.33. The summed E-state index contributed by atoms with van der Waals surface area (Å²) in [6.07, 6.45) is -0.534. The minimum atomic E-state index is -0.429. The van der Waals surface area contributed by atoms with Crippen LogP contribution < -0.4 is 4.90 Å². The molecule has 1 saturated heterocycles. The van der Waals surface area contributed by atoms with Crippen molar-refractivity contribution in [1.82, 2.24) is 10.2 Å². The number of aliphatic hydroxyl groups excluding tert-OH is 1. The summed E-state index contributed by atoms with van der Waals surface area (Å²) in [4.78, 5) is 2.05. The number of β-amino-alcohol motifs (C(OH)–C–C–N with tert-alkyl or cyclic N) is 1. The van der Waals surface area contributed by atoms with Crippen LogP contribution >= 0.6 is 11.3 Å². The van der Waals surface area contributed by atoms with Crippen molar-refractivity contribution < 1.29 is 9.84 Å². The van der Waals surface area contributed by atoms with Crippen LogP contribution in [0.5, 0.6) is 0 Å². The quantitative estimate of drug-likeness (QED) is 0.879. The van der Waals surface area contributed by atoms with Crippen molar-refractivity contribution in [2.45, 2.75) is 38.9 Å². The maximum Gasteiger partial charge on any atom is 0.208 e. The summed E-state index contributed by atoms with van der Waals surface area (Å²) < 4.78 is 5.49. The molecular formula is C11H19N3O2S. The molecule has 6 heteroatoms. The minimum Gasteiger partial charge on any atom is -0.388 e. The first-order valence-corrected chi connectivity index (χ1v) is 6.81. The van der Waals surface area contributed by atoms with Crippen molar-refractivity contribution in [2.75, 3.05) is 24.6 Å². The Morgan fingerprint density at radius 2 is 2.24 bits per heavy atom. The van der Waals surface area contributed by atoms with Crippen LogP contribution in [0.2, 0.25) is 0 Å². The van der Waals surface area contributed by atoms with Gasteiger partial charge in [-0.25, -0.2) is 0 Å². The van der Waals surface area contributed by atoms with Crippen molar-refractivity contribution in [3.8, 4) is 0 Å². The number of hydrogen-bond donors (Lipinski definition) is 1. The Hall–Kier alpha value is -0.720. The molecule has 1 aliphatic heterocycles. The molecule has 0 aromatic carbocycles. The lowest BCUT2D eigenvalue weighted by Crippen LogP contribution is -2.26. The number of aliphatic hydroxyl groups is 1. The first-order chi connectivity index (χ1) is 8.11. The zero-order valence-electron chi connectivity index (χ0n) is 10.5. The lowest BCUT2D eigenvalue weighted by Gasteiger charge is -2.13. The molecule has 2 atom stereocenters. The van der Waals surface area contributed by atoms with Crippen LogP contribution in [0.1, 0.15) is 31.7 Å². The van der Waals surface area contributed by atoms with E-state index in [4.69, 9.17) is 4.74 Å². The van der Waals surface area contributed by atoms with Crippen LogP contribution in [-0.2, 0) is 4.74 Å². The monoisotopic (exact) mass is 257 g/mol. The number of anilines is 1. The molecule has 0 unspecified atom stereocenters. The standard InChI is InChI=1S/C11H19N3O2S/c1-4-16-9-6-14(5-8(9)15)11-13-12-10(17-11)7(2)3/h7-9,15H,4-6H2,1-3H3/t8-,9-/m0/s1. The van der Waals surface area contributed by atoms with Crippen LogP contribution in [-0.4, -0.2) is 47.2 Å². The number of rotatable bonds is 4. The predicted octanol–water partition coefficient (Wildman–Crippen LogP) is 1.25. The van der Waals surface area contributed by atoms with Crippen LogP contribution in [0.25, 0.3) is 0 Å². The van der Waals surface area contributed by atoms with Gasteiger partial charge in [0.25, 0.3) is 0 Å². The van der Waals surface area contributed by atoms with E-state index in [1.54, 1.807) is 11.3 Å². The molecule has 0 amide bonds. The smallest absolute Gasteiger partial charge is 0.208 e. The predicted molar refractivity (Wildman–Crippen MR) is 67.6 cm³/mol. The summed E-state index contributed by atoms with van der Waals surface area (Å²) in [6.45, 7) is 8.05. The van der Waals surface area contributed by atoms with E-state index in [-0.39, 0.29) is 6.10 Å². The zero-order chi connectivity index (χ0) is 12.4. The fourth-order valence-electron chi connectivity index (χ4n) is 1.88. The third kappa shape index (κ3) is 2.75. The molecule has 0 radical (unpaired) electrons. The van der Waals surface area contributed by atoms with Crippen molar-refractivity contribution in [2.24, 2.45) is 0 Å². The van der Waals surface area contributed by atoms with Gasteiger partial charge in [0.2, 0.25) is 5.13 Å². The SMILES string of the molecule is CCO[C@H]1CN(c2nnc(C(C)C)s2)C[C@@H]1O. The first-order valence-electron chi connectivity index (χ1n) is 5.99. The Labute approximate surface area is 105 Å². The highest BCUT2D eigenvalue weighted by Crippen LogP contribution is 2.28. The van der Waals surface area contributed by atoms with Crippen molar-refractivity contribution in [3.63, 3.8) is 0 Å². The summed E-state index contributed by atoms with van der Waals surface area (Å²) in [5, 5.41) is 20.1. The van der Waals surface area contributed by atoms with Gasteiger partial charge in [-0.15, -0.1) is 10.2 Å². The van der Waals surface area contributed by atoms with E-state index in [0.29, 0.717) is 25.6 Å². The van der Waals surface area contributed by atoms with E-state index < -0.39 is 6.10 Å². The Morgan fingerprint density at radius 1 is 1.47 bits per heavy atom. The van der Waals surface area contributed by atoms with E-state index in [9.17, 15) is 5.11 Å². The maximum atomic E-state index is 9.86. The molecule has 17 heavy (non-hydrogen) atoms. The highest BCUT2D eigenvalue weighted by atomic mass is 32.1. The van der Waals surface area contributed by atoms with Gasteiger partial charge in [0, 0.05) is 25.6 Å². The maximum absolute atomic E-state index is 9.86. The molecule has 1 aromatic heterocycles. The molecule has 1 N–H and O–H groups in total. The van der Waals surface area contributed by atoms with Gasteiger partial charge in [-0.2, -0.15) is 0 Å². The third-order valence-corrected chi connectivity index (χ3v) is 4.10. The number of hydrogen-bond acceptors (Lipinski definition) is 6. The molecule has 2 heterocycles. The van der Waals surface area contributed by atoms with Crippen molar-refractivity contribution in [1.29, 1.82) is 0 Å². The topological polar surface area (TPSA) is 58.5 Å².